The van der Waals surface area contributed by atoms with Crippen molar-refractivity contribution in [2.75, 3.05) is 0 Å². The molecule has 0 unspecified atom stereocenters. The highest BCUT2D eigenvalue weighted by molar-refractivity contribution is 6.31. The van der Waals surface area contributed by atoms with E-state index in [0.717, 1.165) is 38.8 Å². The molecule has 0 atom stereocenters. The minimum Gasteiger partial charge on any atom is -0.353 e. The molecule has 2 N–H and O–H groups in total. The van der Waals surface area contributed by atoms with Crippen LogP contribution >= 0.6 is 11.6 Å². The number of hydrogen-bond acceptors (Lipinski definition) is 2. The number of hydrogen-bond donors (Lipinski definition) is 2. The van der Waals surface area contributed by atoms with Crippen LogP contribution in [-0.4, -0.2) is 19.7 Å². The van der Waals surface area contributed by atoms with Gasteiger partial charge < -0.3 is 9.97 Å². The molecule has 6 heteroatoms. The van der Waals surface area contributed by atoms with Crippen molar-refractivity contribution in [2.45, 2.75) is 0 Å². The van der Waals surface area contributed by atoms with E-state index in [1.165, 1.54) is 0 Å². The number of aromatic nitrogens is 4. The lowest BCUT2D eigenvalue weighted by molar-refractivity contribution is 0.881. The van der Waals surface area contributed by atoms with Crippen molar-refractivity contribution in [3.8, 4) is 16.8 Å². The zero-order chi connectivity index (χ0) is 17.7. The number of fused-ring (bicyclic) bond motifs is 3. The Bertz CT molecular complexity index is 1320. The monoisotopic (exact) mass is 360 g/mol. The average molecular weight is 361 g/mol. The summed E-state index contributed by atoms with van der Waals surface area (Å²) in [6, 6.07) is 17.0. The van der Waals surface area contributed by atoms with Crippen LogP contribution in [0.1, 0.15) is 0 Å². The molecule has 126 valence electrons. The first kappa shape index (κ1) is 15.0. The molecule has 0 aliphatic carbocycles. The van der Waals surface area contributed by atoms with Crippen LogP contribution in [0.4, 0.5) is 0 Å². The van der Waals surface area contributed by atoms with E-state index in [0.29, 0.717) is 5.02 Å². The van der Waals surface area contributed by atoms with Crippen molar-refractivity contribution in [3.05, 3.63) is 82.4 Å². The molecule has 0 aliphatic heterocycles. The summed E-state index contributed by atoms with van der Waals surface area (Å²) in [4.78, 5) is 18.6. The van der Waals surface area contributed by atoms with Gasteiger partial charge in [0.05, 0.1) is 16.7 Å². The highest BCUT2D eigenvalue weighted by atomic mass is 35.5. The minimum atomic E-state index is -0.155. The molecule has 26 heavy (non-hydrogen) atoms. The Morgan fingerprint density at radius 1 is 0.962 bits per heavy atom. The SMILES string of the molecule is O=c1cc(-c2cccc(-n3cccn3)c2)c2[nH]c3ccc(Cl)cc3c2[nH]1. The van der Waals surface area contributed by atoms with Crippen LogP contribution < -0.4 is 5.56 Å². The third-order valence-corrected chi connectivity index (χ3v) is 4.71. The number of nitrogens with zero attached hydrogens (tertiary/aromatic N) is 2. The van der Waals surface area contributed by atoms with Gasteiger partial charge in [-0.15, -0.1) is 0 Å². The second-order valence-electron chi connectivity index (χ2n) is 6.11. The maximum atomic E-state index is 12.3. The summed E-state index contributed by atoms with van der Waals surface area (Å²) in [5.41, 5.74) is 5.11. The predicted octanol–water partition coefficient (Wildman–Crippen LogP) is 4.52. The molecule has 0 fully saturated rings. The molecule has 0 bridgehead atoms. The Morgan fingerprint density at radius 2 is 1.88 bits per heavy atom. The quantitative estimate of drug-likeness (QED) is 0.486. The normalized spacial score (nSPS) is 11.4. The van der Waals surface area contributed by atoms with Gasteiger partial charge in [-0.2, -0.15) is 5.10 Å². The summed E-state index contributed by atoms with van der Waals surface area (Å²) in [5, 5.41) is 5.80. The van der Waals surface area contributed by atoms with Crippen molar-refractivity contribution in [1.82, 2.24) is 19.7 Å². The maximum Gasteiger partial charge on any atom is 0.249 e. The predicted molar refractivity (Wildman–Crippen MR) is 104 cm³/mol. The fraction of sp³-hybridized carbons (Fsp3) is 0. The standard InChI is InChI=1S/C20H13ClN4O/c21-13-5-6-17-16(10-13)20-19(23-17)15(11-18(26)24-20)12-3-1-4-14(9-12)25-8-2-7-22-25/h1-11,23H,(H,24,26). The molecule has 3 aromatic heterocycles. The lowest BCUT2D eigenvalue weighted by Crippen LogP contribution is -2.04. The van der Waals surface area contributed by atoms with E-state index in [-0.39, 0.29) is 5.56 Å². The number of benzene rings is 2. The molecule has 5 nitrogen and oxygen atoms in total. The molecule has 0 radical (unpaired) electrons. The van der Waals surface area contributed by atoms with Crippen molar-refractivity contribution in [3.63, 3.8) is 0 Å². The molecule has 0 amide bonds. The van der Waals surface area contributed by atoms with E-state index in [1.807, 2.05) is 54.7 Å². The molecule has 5 rings (SSSR count). The lowest BCUT2D eigenvalue weighted by Gasteiger charge is -2.07. The second kappa shape index (κ2) is 5.61. The van der Waals surface area contributed by atoms with Crippen molar-refractivity contribution < 1.29 is 0 Å². The van der Waals surface area contributed by atoms with E-state index in [1.54, 1.807) is 16.9 Å². The van der Waals surface area contributed by atoms with E-state index in [2.05, 4.69) is 15.1 Å². The number of aromatic amines is 2. The van der Waals surface area contributed by atoms with Gasteiger partial charge >= 0.3 is 0 Å². The number of halogens is 1. The van der Waals surface area contributed by atoms with Crippen LogP contribution in [0.25, 0.3) is 38.8 Å². The molecule has 0 saturated heterocycles. The van der Waals surface area contributed by atoms with E-state index >= 15 is 0 Å². The Morgan fingerprint density at radius 3 is 2.73 bits per heavy atom. The third kappa shape index (κ3) is 2.33. The minimum absolute atomic E-state index is 0.155. The van der Waals surface area contributed by atoms with Crippen LogP contribution in [0.2, 0.25) is 5.02 Å². The van der Waals surface area contributed by atoms with Crippen LogP contribution in [0.5, 0.6) is 0 Å². The average Bonchev–Trinajstić information content (AvgIpc) is 3.29. The van der Waals surface area contributed by atoms with Crippen LogP contribution in [-0.2, 0) is 0 Å². The number of pyridine rings is 1. The fourth-order valence-electron chi connectivity index (χ4n) is 3.32. The lowest BCUT2D eigenvalue weighted by atomic mass is 10.0. The smallest absolute Gasteiger partial charge is 0.249 e. The number of nitrogens with one attached hydrogen (secondary N) is 2. The Kier molecular flexibility index (Phi) is 3.23. The topological polar surface area (TPSA) is 66.5 Å². The molecular formula is C20H13ClN4O. The maximum absolute atomic E-state index is 12.3. The van der Waals surface area contributed by atoms with Crippen LogP contribution in [0.3, 0.4) is 0 Å². The molecule has 3 heterocycles. The Balaban J connectivity index is 1.81. The van der Waals surface area contributed by atoms with Gasteiger partial charge in [0.25, 0.3) is 0 Å². The van der Waals surface area contributed by atoms with Gasteiger partial charge in [-0.3, -0.25) is 4.79 Å². The fourth-order valence-corrected chi connectivity index (χ4v) is 3.50. The van der Waals surface area contributed by atoms with Crippen molar-refractivity contribution >= 4 is 33.5 Å². The zero-order valence-corrected chi connectivity index (χ0v) is 14.3. The van der Waals surface area contributed by atoms with Gasteiger partial charge in [0.2, 0.25) is 5.56 Å². The van der Waals surface area contributed by atoms with E-state index in [9.17, 15) is 4.79 Å². The summed E-state index contributed by atoms with van der Waals surface area (Å²) in [7, 11) is 0. The second-order valence-corrected chi connectivity index (χ2v) is 6.55. The summed E-state index contributed by atoms with van der Waals surface area (Å²) >= 11 is 6.13. The van der Waals surface area contributed by atoms with Crippen molar-refractivity contribution in [1.29, 1.82) is 0 Å². The molecule has 0 spiro atoms. The molecule has 2 aromatic carbocycles. The first-order valence-electron chi connectivity index (χ1n) is 8.14. The molecule has 5 aromatic rings. The molecule has 0 saturated carbocycles. The van der Waals surface area contributed by atoms with E-state index < -0.39 is 0 Å². The first-order chi connectivity index (χ1) is 12.7. The van der Waals surface area contributed by atoms with Gasteiger partial charge in [-0.25, -0.2) is 4.68 Å². The Labute approximate surface area is 152 Å². The highest BCUT2D eigenvalue weighted by Crippen LogP contribution is 2.32. The first-order valence-corrected chi connectivity index (χ1v) is 8.51. The van der Waals surface area contributed by atoms with Gasteiger partial charge in [-0.05, 0) is 42.0 Å². The summed E-state index contributed by atoms with van der Waals surface area (Å²) in [5.74, 6) is 0. The van der Waals surface area contributed by atoms with Gasteiger partial charge in [0, 0.05) is 39.9 Å². The van der Waals surface area contributed by atoms with Gasteiger partial charge in [-0.1, -0.05) is 23.7 Å². The number of H-pyrrole nitrogens is 2. The van der Waals surface area contributed by atoms with Crippen LogP contribution in [0, 0.1) is 0 Å². The third-order valence-electron chi connectivity index (χ3n) is 4.48. The highest BCUT2D eigenvalue weighted by Gasteiger charge is 2.12. The van der Waals surface area contributed by atoms with Crippen LogP contribution in [0.15, 0.2) is 71.8 Å². The summed E-state index contributed by atoms with van der Waals surface area (Å²) in [6.07, 6.45) is 3.62. The number of rotatable bonds is 2. The van der Waals surface area contributed by atoms with Gasteiger partial charge in [0.1, 0.15) is 0 Å². The van der Waals surface area contributed by atoms with Crippen molar-refractivity contribution in [2.24, 2.45) is 0 Å². The molecule has 0 aliphatic rings. The van der Waals surface area contributed by atoms with Gasteiger partial charge in [0.15, 0.2) is 0 Å². The largest absolute Gasteiger partial charge is 0.353 e. The zero-order valence-electron chi connectivity index (χ0n) is 13.5. The summed E-state index contributed by atoms with van der Waals surface area (Å²) < 4.78 is 1.79. The molecular weight excluding hydrogens is 348 g/mol. The Hall–Kier alpha value is -3.31. The van der Waals surface area contributed by atoms with E-state index in [4.69, 9.17) is 11.6 Å². The summed E-state index contributed by atoms with van der Waals surface area (Å²) in [6.45, 7) is 0.